The Kier molecular flexibility index (Phi) is 6.84. The molecule has 0 atom stereocenters. The normalized spacial score (nSPS) is 20.0. The standard InChI is InChI=1S/C24H28BrN5O4S/c1-27(20-6-10-28(11-7-20)21-4-8-26-9-5-21)30-13-12-29(16-24(30)31)35(32,33)22-14-18-2-3-19(25)15-23(18)34-17-22/h2-5,8-9,14-15,20H,6-7,10-13,16-17H2,1H3. The van der Waals surface area contributed by atoms with Crippen LogP contribution >= 0.6 is 15.9 Å². The SMILES string of the molecule is CN(C1CCN(c2ccncc2)CC1)N1CCN(S(=O)(=O)C2=Cc3ccc(Br)cc3OC2)CC1=O. The van der Waals surface area contributed by atoms with Crippen molar-refractivity contribution in [3.8, 4) is 5.75 Å². The summed E-state index contributed by atoms with van der Waals surface area (Å²) in [6, 6.07) is 9.72. The fourth-order valence-electron chi connectivity index (χ4n) is 4.86. The molecular formula is C24H28BrN5O4S. The second-order valence-electron chi connectivity index (χ2n) is 8.93. The van der Waals surface area contributed by atoms with Crippen molar-refractivity contribution in [3.05, 3.63) is 57.7 Å². The lowest BCUT2D eigenvalue weighted by Gasteiger charge is -2.45. The molecule has 0 unspecified atom stereocenters. The lowest BCUT2D eigenvalue weighted by atomic mass is 10.0. The number of hydrogen-bond donors (Lipinski definition) is 0. The van der Waals surface area contributed by atoms with E-state index in [9.17, 15) is 13.2 Å². The molecule has 3 aliphatic heterocycles. The number of carbonyl (C=O) groups is 1. The fourth-order valence-corrected chi connectivity index (χ4v) is 6.62. The van der Waals surface area contributed by atoms with Gasteiger partial charge in [0.15, 0.2) is 0 Å². The number of benzene rings is 1. The number of halogens is 1. The summed E-state index contributed by atoms with van der Waals surface area (Å²) in [4.78, 5) is 19.6. The number of carbonyl (C=O) groups excluding carboxylic acids is 1. The number of amides is 1. The summed E-state index contributed by atoms with van der Waals surface area (Å²) in [6.07, 6.45) is 7.08. The molecule has 11 heteroatoms. The molecule has 9 nitrogen and oxygen atoms in total. The Morgan fingerprint density at radius 2 is 1.83 bits per heavy atom. The van der Waals surface area contributed by atoms with Gasteiger partial charge in [-0.25, -0.2) is 13.4 Å². The number of piperidine rings is 1. The Balaban J connectivity index is 1.21. The van der Waals surface area contributed by atoms with Gasteiger partial charge >= 0.3 is 0 Å². The van der Waals surface area contributed by atoms with Crippen molar-refractivity contribution in [3.63, 3.8) is 0 Å². The van der Waals surface area contributed by atoms with Crippen LogP contribution in [-0.4, -0.2) is 86.1 Å². The average molecular weight is 562 g/mol. The van der Waals surface area contributed by atoms with Gasteiger partial charge in [0.1, 0.15) is 12.4 Å². The zero-order valence-electron chi connectivity index (χ0n) is 19.5. The largest absolute Gasteiger partial charge is 0.487 e. The van der Waals surface area contributed by atoms with Gasteiger partial charge in [-0.2, -0.15) is 4.31 Å². The van der Waals surface area contributed by atoms with Crippen LogP contribution in [0.5, 0.6) is 5.75 Å². The van der Waals surface area contributed by atoms with Crippen LogP contribution in [0.4, 0.5) is 5.69 Å². The molecule has 186 valence electrons. The quantitative estimate of drug-likeness (QED) is 0.554. The van der Waals surface area contributed by atoms with Crippen LogP contribution in [0.15, 0.2) is 52.1 Å². The third-order valence-electron chi connectivity index (χ3n) is 6.90. The average Bonchev–Trinajstić information content (AvgIpc) is 2.88. The van der Waals surface area contributed by atoms with Gasteiger partial charge in [0, 0.05) is 60.8 Å². The van der Waals surface area contributed by atoms with Crippen LogP contribution in [0.1, 0.15) is 18.4 Å². The Hall–Kier alpha value is -2.47. The molecule has 1 aromatic heterocycles. The van der Waals surface area contributed by atoms with Gasteiger partial charge in [-0.05, 0) is 43.2 Å². The first-order valence-electron chi connectivity index (χ1n) is 11.6. The van der Waals surface area contributed by atoms with Gasteiger partial charge in [-0.3, -0.25) is 14.8 Å². The molecule has 0 spiro atoms. The van der Waals surface area contributed by atoms with E-state index >= 15 is 0 Å². The number of nitrogens with zero attached hydrogens (tertiary/aromatic N) is 5. The van der Waals surface area contributed by atoms with Gasteiger partial charge in [-0.15, -0.1) is 0 Å². The third kappa shape index (κ3) is 4.95. The van der Waals surface area contributed by atoms with E-state index in [1.165, 1.54) is 4.31 Å². The Morgan fingerprint density at radius 3 is 2.54 bits per heavy atom. The van der Waals surface area contributed by atoms with E-state index in [4.69, 9.17) is 4.74 Å². The highest BCUT2D eigenvalue weighted by Crippen LogP contribution is 2.32. The molecule has 1 amide bonds. The summed E-state index contributed by atoms with van der Waals surface area (Å²) in [5.41, 5.74) is 1.87. The van der Waals surface area contributed by atoms with E-state index < -0.39 is 10.0 Å². The zero-order valence-corrected chi connectivity index (χ0v) is 21.9. The topological polar surface area (TPSA) is 86.3 Å². The minimum absolute atomic E-state index is 0.0455. The van der Waals surface area contributed by atoms with Crippen LogP contribution in [0.3, 0.4) is 0 Å². The first-order chi connectivity index (χ1) is 16.8. The smallest absolute Gasteiger partial charge is 0.252 e. The summed E-state index contributed by atoms with van der Waals surface area (Å²) in [6.45, 7) is 2.15. The number of sulfonamides is 1. The fraction of sp³-hybridized carbons (Fsp3) is 0.417. The molecule has 0 N–H and O–H groups in total. The van der Waals surface area contributed by atoms with Gasteiger partial charge in [0.05, 0.1) is 18.0 Å². The zero-order chi connectivity index (χ0) is 24.6. The Morgan fingerprint density at radius 1 is 1.09 bits per heavy atom. The predicted octanol–water partition coefficient (Wildman–Crippen LogP) is 2.57. The number of piperazine rings is 1. The monoisotopic (exact) mass is 561 g/mol. The van der Waals surface area contributed by atoms with E-state index in [1.807, 2.05) is 42.4 Å². The molecule has 0 radical (unpaired) electrons. The predicted molar refractivity (Wildman–Crippen MR) is 137 cm³/mol. The van der Waals surface area contributed by atoms with Gasteiger partial charge in [0.25, 0.3) is 5.91 Å². The lowest BCUT2D eigenvalue weighted by molar-refractivity contribution is -0.156. The van der Waals surface area contributed by atoms with E-state index in [0.29, 0.717) is 17.9 Å². The Labute approximate surface area is 214 Å². The van der Waals surface area contributed by atoms with Crippen LogP contribution < -0.4 is 9.64 Å². The second kappa shape index (κ2) is 9.88. The first-order valence-corrected chi connectivity index (χ1v) is 13.9. The van der Waals surface area contributed by atoms with Gasteiger partial charge < -0.3 is 9.64 Å². The summed E-state index contributed by atoms with van der Waals surface area (Å²) in [7, 11) is -1.87. The molecule has 2 fully saturated rings. The maximum Gasteiger partial charge on any atom is 0.252 e. The summed E-state index contributed by atoms with van der Waals surface area (Å²) in [5, 5.41) is 3.71. The van der Waals surface area contributed by atoms with Gasteiger partial charge in [-0.1, -0.05) is 22.0 Å². The van der Waals surface area contributed by atoms with Crippen molar-refractivity contribution in [2.24, 2.45) is 0 Å². The number of rotatable bonds is 5. The molecule has 0 aliphatic carbocycles. The number of anilines is 1. The third-order valence-corrected chi connectivity index (χ3v) is 9.28. The molecule has 0 saturated carbocycles. The van der Waals surface area contributed by atoms with E-state index in [2.05, 4.69) is 25.8 Å². The maximum atomic E-state index is 13.3. The van der Waals surface area contributed by atoms with Crippen LogP contribution in [0, 0.1) is 0 Å². The summed E-state index contributed by atoms with van der Waals surface area (Å²) < 4.78 is 34.4. The molecule has 3 aliphatic rings. The summed E-state index contributed by atoms with van der Waals surface area (Å²) >= 11 is 3.40. The molecule has 1 aromatic carbocycles. The molecule has 4 heterocycles. The summed E-state index contributed by atoms with van der Waals surface area (Å²) in [5.74, 6) is 0.427. The molecule has 2 aromatic rings. The van der Waals surface area contributed by atoms with Crippen molar-refractivity contribution in [1.29, 1.82) is 0 Å². The second-order valence-corrected chi connectivity index (χ2v) is 11.8. The van der Waals surface area contributed by atoms with Crippen molar-refractivity contribution < 1.29 is 17.9 Å². The minimum atomic E-state index is -3.80. The number of hydrogen-bond acceptors (Lipinski definition) is 7. The highest BCUT2D eigenvalue weighted by molar-refractivity contribution is 9.10. The molecule has 0 bridgehead atoms. The first kappa shape index (κ1) is 24.2. The lowest BCUT2D eigenvalue weighted by Crippen LogP contribution is -2.60. The van der Waals surface area contributed by atoms with E-state index in [0.717, 1.165) is 36.1 Å². The van der Waals surface area contributed by atoms with Crippen LogP contribution in [0.25, 0.3) is 6.08 Å². The maximum absolute atomic E-state index is 13.3. The van der Waals surface area contributed by atoms with Crippen molar-refractivity contribution >= 4 is 43.6 Å². The van der Waals surface area contributed by atoms with Crippen LogP contribution in [-0.2, 0) is 14.8 Å². The number of pyridine rings is 1. The van der Waals surface area contributed by atoms with Crippen molar-refractivity contribution in [2.45, 2.75) is 18.9 Å². The van der Waals surface area contributed by atoms with Crippen molar-refractivity contribution in [2.75, 3.05) is 51.3 Å². The van der Waals surface area contributed by atoms with E-state index in [1.54, 1.807) is 23.5 Å². The number of fused-ring (bicyclic) bond motifs is 1. The van der Waals surface area contributed by atoms with Crippen molar-refractivity contribution in [1.82, 2.24) is 19.3 Å². The molecule has 2 saturated heterocycles. The van der Waals surface area contributed by atoms with Gasteiger partial charge in [0.2, 0.25) is 10.0 Å². The Bertz CT molecular complexity index is 1230. The highest BCUT2D eigenvalue weighted by atomic mass is 79.9. The molecular weight excluding hydrogens is 534 g/mol. The minimum Gasteiger partial charge on any atom is -0.487 e. The number of ether oxygens (including phenoxy) is 1. The molecule has 5 rings (SSSR count). The number of aromatic nitrogens is 1. The highest BCUT2D eigenvalue weighted by Gasteiger charge is 2.38. The number of hydrazine groups is 1. The molecule has 35 heavy (non-hydrogen) atoms. The van der Waals surface area contributed by atoms with E-state index in [-0.39, 0.29) is 36.6 Å². The van der Waals surface area contributed by atoms with Crippen LogP contribution in [0.2, 0.25) is 0 Å².